The number of hydrogen-bond acceptors (Lipinski definition) is 3. The summed E-state index contributed by atoms with van der Waals surface area (Å²) in [5, 5.41) is 5.99. The highest BCUT2D eigenvalue weighted by Crippen LogP contribution is 2.16. The minimum absolute atomic E-state index is 0.275. The molecule has 1 atom stereocenters. The highest BCUT2D eigenvalue weighted by molar-refractivity contribution is 6.30. The van der Waals surface area contributed by atoms with Crippen LogP contribution in [0.5, 0.6) is 5.75 Å². The van der Waals surface area contributed by atoms with Crippen LogP contribution in [0, 0.1) is 0 Å². The molecule has 5 nitrogen and oxygen atoms in total. The van der Waals surface area contributed by atoms with Gasteiger partial charge in [0, 0.05) is 22.7 Å². The van der Waals surface area contributed by atoms with Crippen LogP contribution in [0.15, 0.2) is 48.5 Å². The van der Waals surface area contributed by atoms with E-state index >= 15 is 0 Å². The van der Waals surface area contributed by atoms with Crippen molar-refractivity contribution in [2.75, 3.05) is 7.11 Å². The van der Waals surface area contributed by atoms with Gasteiger partial charge in [-0.2, -0.15) is 0 Å². The number of ether oxygens (including phenoxy) is 1. The van der Waals surface area contributed by atoms with Gasteiger partial charge in [-0.25, -0.2) is 0 Å². The van der Waals surface area contributed by atoms with Crippen LogP contribution in [-0.4, -0.2) is 25.0 Å². The van der Waals surface area contributed by atoms with Crippen LogP contribution in [-0.2, 0) is 11.3 Å². The Hall–Kier alpha value is -2.53. The molecule has 126 valence electrons. The van der Waals surface area contributed by atoms with Gasteiger partial charge >= 0.3 is 0 Å². The second kappa shape index (κ2) is 8.36. The van der Waals surface area contributed by atoms with Gasteiger partial charge in [0.05, 0.1) is 7.11 Å². The Balaban J connectivity index is 1.90. The molecule has 0 radical (unpaired) electrons. The molecular formula is C18H19ClN2O3. The zero-order chi connectivity index (χ0) is 17.5. The first-order valence-corrected chi connectivity index (χ1v) is 7.85. The molecule has 2 rings (SSSR count). The summed E-state index contributed by atoms with van der Waals surface area (Å²) in [5.74, 6) is 0.102. The molecule has 1 unspecified atom stereocenters. The molecule has 2 aromatic carbocycles. The van der Waals surface area contributed by atoms with Crippen LogP contribution in [0.2, 0.25) is 5.02 Å². The van der Waals surface area contributed by atoms with E-state index in [1.165, 1.54) is 0 Å². The van der Waals surface area contributed by atoms with Crippen LogP contribution >= 0.6 is 11.6 Å². The predicted octanol–water partition coefficient (Wildman–Crippen LogP) is 2.78. The molecule has 2 aromatic rings. The van der Waals surface area contributed by atoms with Crippen molar-refractivity contribution in [3.63, 3.8) is 0 Å². The quantitative estimate of drug-likeness (QED) is 0.845. The Morgan fingerprint density at radius 2 is 1.79 bits per heavy atom. The minimum atomic E-state index is -0.664. The molecule has 0 saturated carbocycles. The molecule has 2 amide bonds. The average Bonchev–Trinajstić information content (AvgIpc) is 2.60. The van der Waals surface area contributed by atoms with Gasteiger partial charge < -0.3 is 15.4 Å². The van der Waals surface area contributed by atoms with E-state index in [0.717, 1.165) is 5.56 Å². The van der Waals surface area contributed by atoms with Crippen LogP contribution in [0.25, 0.3) is 0 Å². The number of halogens is 1. The molecule has 0 aliphatic rings. The fraction of sp³-hybridized carbons (Fsp3) is 0.222. The Morgan fingerprint density at radius 3 is 2.46 bits per heavy atom. The van der Waals surface area contributed by atoms with E-state index < -0.39 is 6.04 Å². The third kappa shape index (κ3) is 4.73. The molecule has 0 aliphatic heterocycles. The smallest absolute Gasteiger partial charge is 0.251 e. The number of nitrogens with one attached hydrogen (secondary N) is 2. The van der Waals surface area contributed by atoms with Crippen molar-refractivity contribution >= 4 is 23.4 Å². The highest BCUT2D eigenvalue weighted by Gasteiger charge is 2.16. The maximum Gasteiger partial charge on any atom is 0.251 e. The lowest BCUT2D eigenvalue weighted by atomic mass is 10.2. The molecule has 0 saturated heterocycles. The van der Waals surface area contributed by atoms with Crippen LogP contribution in [0.3, 0.4) is 0 Å². The van der Waals surface area contributed by atoms with Crippen molar-refractivity contribution in [2.24, 2.45) is 0 Å². The summed E-state index contributed by atoms with van der Waals surface area (Å²) in [7, 11) is 1.58. The standard InChI is InChI=1S/C18H19ClN2O3/c1-12(21-18(23)13-7-9-15(19)10-8-13)17(22)20-11-14-5-3-4-6-16(14)24-2/h3-10,12H,11H2,1-2H3,(H,20,22)(H,21,23). The minimum Gasteiger partial charge on any atom is -0.496 e. The lowest BCUT2D eigenvalue weighted by Crippen LogP contribution is -2.44. The van der Waals surface area contributed by atoms with Gasteiger partial charge in [0.2, 0.25) is 5.91 Å². The summed E-state index contributed by atoms with van der Waals surface area (Å²) in [5.41, 5.74) is 1.31. The van der Waals surface area contributed by atoms with E-state index in [2.05, 4.69) is 10.6 Å². The monoisotopic (exact) mass is 346 g/mol. The first kappa shape index (κ1) is 17.8. The van der Waals surface area contributed by atoms with Gasteiger partial charge in [0.15, 0.2) is 0 Å². The topological polar surface area (TPSA) is 67.4 Å². The zero-order valence-corrected chi connectivity index (χ0v) is 14.3. The molecule has 0 fully saturated rings. The Labute approximate surface area is 146 Å². The normalized spacial score (nSPS) is 11.5. The average molecular weight is 347 g/mol. The number of rotatable bonds is 6. The number of amides is 2. The van der Waals surface area contributed by atoms with E-state index in [1.54, 1.807) is 38.3 Å². The molecular weight excluding hydrogens is 328 g/mol. The number of para-hydroxylation sites is 1. The van der Waals surface area contributed by atoms with E-state index in [1.807, 2.05) is 24.3 Å². The second-order valence-corrected chi connectivity index (χ2v) is 5.67. The third-order valence-electron chi connectivity index (χ3n) is 3.49. The summed E-state index contributed by atoms with van der Waals surface area (Å²) in [4.78, 5) is 24.2. The van der Waals surface area contributed by atoms with Crippen LogP contribution in [0.4, 0.5) is 0 Å². The van der Waals surface area contributed by atoms with Crippen molar-refractivity contribution in [1.82, 2.24) is 10.6 Å². The lowest BCUT2D eigenvalue weighted by Gasteiger charge is -2.15. The van der Waals surface area contributed by atoms with Crippen molar-refractivity contribution in [2.45, 2.75) is 19.5 Å². The summed E-state index contributed by atoms with van der Waals surface area (Å²) in [6.07, 6.45) is 0. The Kier molecular flexibility index (Phi) is 6.21. The number of carbonyl (C=O) groups excluding carboxylic acids is 2. The van der Waals surface area contributed by atoms with Crippen molar-refractivity contribution < 1.29 is 14.3 Å². The molecule has 0 spiro atoms. The van der Waals surface area contributed by atoms with E-state index in [-0.39, 0.29) is 11.8 Å². The Bertz CT molecular complexity index is 716. The summed E-state index contributed by atoms with van der Waals surface area (Å²) in [6.45, 7) is 1.95. The molecule has 0 bridgehead atoms. The number of methoxy groups -OCH3 is 1. The van der Waals surface area contributed by atoms with Crippen LogP contribution in [0.1, 0.15) is 22.8 Å². The van der Waals surface area contributed by atoms with Crippen molar-refractivity contribution in [3.8, 4) is 5.75 Å². The molecule has 2 N–H and O–H groups in total. The maximum atomic E-state index is 12.1. The highest BCUT2D eigenvalue weighted by atomic mass is 35.5. The largest absolute Gasteiger partial charge is 0.496 e. The summed E-state index contributed by atoms with van der Waals surface area (Å²) in [6, 6.07) is 13.2. The van der Waals surface area contributed by atoms with Gasteiger partial charge in [0.1, 0.15) is 11.8 Å². The SMILES string of the molecule is COc1ccccc1CNC(=O)C(C)NC(=O)c1ccc(Cl)cc1. The number of benzene rings is 2. The van der Waals surface area contributed by atoms with E-state index in [0.29, 0.717) is 22.9 Å². The summed E-state index contributed by atoms with van der Waals surface area (Å²) < 4.78 is 5.24. The van der Waals surface area contributed by atoms with Gasteiger partial charge in [-0.3, -0.25) is 9.59 Å². The van der Waals surface area contributed by atoms with Crippen molar-refractivity contribution in [1.29, 1.82) is 0 Å². The molecule has 24 heavy (non-hydrogen) atoms. The number of hydrogen-bond donors (Lipinski definition) is 2. The molecule has 0 aliphatic carbocycles. The van der Waals surface area contributed by atoms with E-state index in [4.69, 9.17) is 16.3 Å². The van der Waals surface area contributed by atoms with Crippen molar-refractivity contribution in [3.05, 3.63) is 64.7 Å². The third-order valence-corrected chi connectivity index (χ3v) is 3.74. The van der Waals surface area contributed by atoms with Crippen LogP contribution < -0.4 is 15.4 Å². The molecule has 0 aromatic heterocycles. The van der Waals surface area contributed by atoms with E-state index in [9.17, 15) is 9.59 Å². The zero-order valence-electron chi connectivity index (χ0n) is 13.5. The molecule has 6 heteroatoms. The number of carbonyl (C=O) groups is 2. The lowest BCUT2D eigenvalue weighted by molar-refractivity contribution is -0.122. The van der Waals surface area contributed by atoms with Gasteiger partial charge in [0.25, 0.3) is 5.91 Å². The maximum absolute atomic E-state index is 12.1. The fourth-order valence-corrected chi connectivity index (χ4v) is 2.26. The second-order valence-electron chi connectivity index (χ2n) is 5.23. The summed E-state index contributed by atoms with van der Waals surface area (Å²) >= 11 is 5.79. The first-order valence-electron chi connectivity index (χ1n) is 7.47. The van der Waals surface area contributed by atoms with Gasteiger partial charge in [-0.15, -0.1) is 0 Å². The molecule has 0 heterocycles. The van der Waals surface area contributed by atoms with Gasteiger partial charge in [-0.05, 0) is 37.3 Å². The Morgan fingerprint density at radius 1 is 1.12 bits per heavy atom. The fourth-order valence-electron chi connectivity index (χ4n) is 2.13. The predicted molar refractivity (Wildman–Crippen MR) is 93.2 cm³/mol. The van der Waals surface area contributed by atoms with Gasteiger partial charge in [-0.1, -0.05) is 29.8 Å². The first-order chi connectivity index (χ1) is 11.5.